The quantitative estimate of drug-likeness (QED) is 0.777. The molecule has 2 aromatic heterocycles. The van der Waals surface area contributed by atoms with E-state index in [0.717, 1.165) is 12.2 Å². The molecule has 0 unspecified atom stereocenters. The molecule has 0 saturated heterocycles. The summed E-state index contributed by atoms with van der Waals surface area (Å²) in [5, 5.41) is 6.01. The Hall–Kier alpha value is -2.37. The van der Waals surface area contributed by atoms with Crippen LogP contribution in [0, 0.1) is 5.92 Å². The van der Waals surface area contributed by atoms with Gasteiger partial charge in [0.1, 0.15) is 11.6 Å². The molecule has 1 aliphatic rings. The van der Waals surface area contributed by atoms with Crippen LogP contribution in [0.3, 0.4) is 0 Å². The van der Waals surface area contributed by atoms with E-state index in [1.807, 2.05) is 12.1 Å². The van der Waals surface area contributed by atoms with Gasteiger partial charge in [-0.25, -0.2) is 4.98 Å². The highest BCUT2D eigenvalue weighted by Crippen LogP contribution is 2.47. The van der Waals surface area contributed by atoms with Gasteiger partial charge in [-0.3, -0.25) is 9.78 Å². The standard InChI is InChI=1S/C14H16N4O2/c19-14(11-8-10(11)12-2-1-7-20-12)18-6-5-17-13-9-15-3-4-16-13/h1-4,7,9-11H,5-6,8H2,(H,16,17)(H,18,19)/t10-,11+/m1/s1. The van der Waals surface area contributed by atoms with Crippen molar-refractivity contribution in [2.45, 2.75) is 12.3 Å². The maximum atomic E-state index is 11.9. The van der Waals surface area contributed by atoms with Gasteiger partial charge in [0.2, 0.25) is 5.91 Å². The first-order valence-corrected chi connectivity index (χ1v) is 6.65. The average Bonchev–Trinajstić information content (AvgIpc) is 3.10. The van der Waals surface area contributed by atoms with Crippen molar-refractivity contribution in [3.63, 3.8) is 0 Å². The lowest BCUT2D eigenvalue weighted by Gasteiger charge is -2.06. The summed E-state index contributed by atoms with van der Waals surface area (Å²) in [6.45, 7) is 1.19. The van der Waals surface area contributed by atoms with Gasteiger partial charge in [-0.15, -0.1) is 0 Å². The number of furan rings is 1. The summed E-state index contributed by atoms with van der Waals surface area (Å²) in [7, 11) is 0. The van der Waals surface area contributed by atoms with Gasteiger partial charge in [0.05, 0.1) is 12.5 Å². The Bertz CT molecular complexity index is 556. The third kappa shape index (κ3) is 2.96. The molecular formula is C14H16N4O2. The van der Waals surface area contributed by atoms with Gasteiger partial charge in [0, 0.05) is 37.3 Å². The Labute approximate surface area is 116 Å². The molecule has 2 atom stereocenters. The number of rotatable bonds is 6. The number of aromatic nitrogens is 2. The molecule has 1 fully saturated rings. The van der Waals surface area contributed by atoms with E-state index in [0.29, 0.717) is 18.9 Å². The van der Waals surface area contributed by atoms with Crippen LogP contribution < -0.4 is 10.6 Å². The fourth-order valence-corrected chi connectivity index (χ4v) is 2.20. The second-order valence-corrected chi connectivity index (χ2v) is 4.77. The Morgan fingerprint density at radius 1 is 1.40 bits per heavy atom. The number of nitrogens with zero attached hydrogens (tertiary/aromatic N) is 2. The van der Waals surface area contributed by atoms with Crippen LogP contribution in [-0.2, 0) is 4.79 Å². The van der Waals surface area contributed by atoms with Crippen LogP contribution in [0.4, 0.5) is 5.82 Å². The predicted molar refractivity (Wildman–Crippen MR) is 73.1 cm³/mol. The van der Waals surface area contributed by atoms with Gasteiger partial charge in [-0.05, 0) is 18.6 Å². The Morgan fingerprint density at radius 2 is 2.35 bits per heavy atom. The molecule has 20 heavy (non-hydrogen) atoms. The number of hydrogen-bond donors (Lipinski definition) is 2. The Morgan fingerprint density at radius 3 is 3.10 bits per heavy atom. The summed E-state index contributed by atoms with van der Waals surface area (Å²) in [5.74, 6) is 2.01. The summed E-state index contributed by atoms with van der Waals surface area (Å²) in [5.41, 5.74) is 0. The molecule has 1 saturated carbocycles. The molecule has 1 amide bonds. The lowest BCUT2D eigenvalue weighted by Crippen LogP contribution is -2.30. The summed E-state index contributed by atoms with van der Waals surface area (Å²) in [6, 6.07) is 3.78. The molecule has 2 aromatic rings. The Kier molecular flexibility index (Phi) is 3.62. The second-order valence-electron chi connectivity index (χ2n) is 4.77. The number of anilines is 1. The first-order chi connectivity index (χ1) is 9.84. The van der Waals surface area contributed by atoms with E-state index >= 15 is 0 Å². The average molecular weight is 272 g/mol. The SMILES string of the molecule is O=C(NCCNc1cnccn1)[C@H]1C[C@H]1c1ccco1. The van der Waals surface area contributed by atoms with E-state index in [9.17, 15) is 4.79 Å². The topological polar surface area (TPSA) is 80.0 Å². The molecular weight excluding hydrogens is 256 g/mol. The molecule has 0 bridgehead atoms. The van der Waals surface area contributed by atoms with Crippen LogP contribution in [0.5, 0.6) is 0 Å². The minimum absolute atomic E-state index is 0.0534. The van der Waals surface area contributed by atoms with Crippen molar-refractivity contribution in [2.24, 2.45) is 5.92 Å². The summed E-state index contributed by atoms with van der Waals surface area (Å²) < 4.78 is 5.31. The van der Waals surface area contributed by atoms with E-state index in [4.69, 9.17) is 4.42 Å². The van der Waals surface area contributed by atoms with Crippen molar-refractivity contribution in [1.29, 1.82) is 0 Å². The third-order valence-corrected chi connectivity index (χ3v) is 3.33. The zero-order valence-corrected chi connectivity index (χ0v) is 11.0. The molecule has 0 aliphatic heterocycles. The van der Waals surface area contributed by atoms with Crippen LogP contribution in [0.15, 0.2) is 41.4 Å². The minimum atomic E-state index is 0.0534. The predicted octanol–water partition coefficient (Wildman–Crippen LogP) is 1.40. The zero-order valence-electron chi connectivity index (χ0n) is 11.0. The van der Waals surface area contributed by atoms with Crippen molar-refractivity contribution in [1.82, 2.24) is 15.3 Å². The maximum absolute atomic E-state index is 11.9. The van der Waals surface area contributed by atoms with Crippen LogP contribution in [0.1, 0.15) is 18.1 Å². The number of nitrogens with one attached hydrogen (secondary N) is 2. The first-order valence-electron chi connectivity index (χ1n) is 6.65. The van der Waals surface area contributed by atoms with Crippen molar-refractivity contribution in [3.8, 4) is 0 Å². The highest BCUT2D eigenvalue weighted by molar-refractivity contribution is 5.82. The lowest BCUT2D eigenvalue weighted by atomic mass is 10.2. The van der Waals surface area contributed by atoms with E-state index < -0.39 is 0 Å². The molecule has 0 radical (unpaired) electrons. The van der Waals surface area contributed by atoms with Crippen molar-refractivity contribution >= 4 is 11.7 Å². The molecule has 0 spiro atoms. The fourth-order valence-electron chi connectivity index (χ4n) is 2.20. The molecule has 3 rings (SSSR count). The summed E-state index contributed by atoms with van der Waals surface area (Å²) in [6.07, 6.45) is 7.41. The van der Waals surface area contributed by atoms with E-state index in [1.54, 1.807) is 24.9 Å². The van der Waals surface area contributed by atoms with Crippen molar-refractivity contribution in [2.75, 3.05) is 18.4 Å². The van der Waals surface area contributed by atoms with E-state index in [-0.39, 0.29) is 17.7 Å². The van der Waals surface area contributed by atoms with Crippen LogP contribution in [0.2, 0.25) is 0 Å². The van der Waals surface area contributed by atoms with Gasteiger partial charge >= 0.3 is 0 Å². The molecule has 0 aromatic carbocycles. The third-order valence-electron chi connectivity index (χ3n) is 3.33. The van der Waals surface area contributed by atoms with Crippen LogP contribution >= 0.6 is 0 Å². The monoisotopic (exact) mass is 272 g/mol. The van der Waals surface area contributed by atoms with E-state index in [2.05, 4.69) is 20.6 Å². The summed E-state index contributed by atoms with van der Waals surface area (Å²) >= 11 is 0. The minimum Gasteiger partial charge on any atom is -0.469 e. The highest BCUT2D eigenvalue weighted by atomic mass is 16.3. The molecule has 1 aliphatic carbocycles. The zero-order chi connectivity index (χ0) is 13.8. The van der Waals surface area contributed by atoms with Gasteiger partial charge < -0.3 is 15.1 Å². The van der Waals surface area contributed by atoms with Gasteiger partial charge in [0.25, 0.3) is 0 Å². The Balaban J connectivity index is 1.36. The summed E-state index contributed by atoms with van der Waals surface area (Å²) in [4.78, 5) is 20.0. The number of amides is 1. The number of carbonyl (C=O) groups is 1. The first kappa shape index (κ1) is 12.7. The van der Waals surface area contributed by atoms with Crippen molar-refractivity contribution in [3.05, 3.63) is 42.7 Å². The van der Waals surface area contributed by atoms with Gasteiger partial charge in [0.15, 0.2) is 0 Å². The van der Waals surface area contributed by atoms with Crippen LogP contribution in [0.25, 0.3) is 0 Å². The smallest absolute Gasteiger partial charge is 0.223 e. The lowest BCUT2D eigenvalue weighted by molar-refractivity contribution is -0.122. The maximum Gasteiger partial charge on any atom is 0.223 e. The number of hydrogen-bond acceptors (Lipinski definition) is 5. The molecule has 2 N–H and O–H groups in total. The number of carbonyl (C=O) groups excluding carboxylic acids is 1. The van der Waals surface area contributed by atoms with Gasteiger partial charge in [-0.1, -0.05) is 0 Å². The fraction of sp³-hybridized carbons (Fsp3) is 0.357. The van der Waals surface area contributed by atoms with Crippen molar-refractivity contribution < 1.29 is 9.21 Å². The molecule has 2 heterocycles. The van der Waals surface area contributed by atoms with Gasteiger partial charge in [-0.2, -0.15) is 0 Å². The largest absolute Gasteiger partial charge is 0.469 e. The molecule has 104 valence electrons. The normalized spacial score (nSPS) is 20.4. The highest BCUT2D eigenvalue weighted by Gasteiger charge is 2.45. The molecule has 6 nitrogen and oxygen atoms in total. The molecule has 6 heteroatoms. The van der Waals surface area contributed by atoms with Crippen LogP contribution in [-0.4, -0.2) is 29.0 Å². The second kappa shape index (κ2) is 5.73. The van der Waals surface area contributed by atoms with E-state index in [1.165, 1.54) is 0 Å².